The van der Waals surface area contributed by atoms with Crippen molar-refractivity contribution in [3.05, 3.63) is 163 Å². The van der Waals surface area contributed by atoms with Crippen molar-refractivity contribution < 1.29 is 4.42 Å². The Kier molecular flexibility index (Phi) is 5.96. The van der Waals surface area contributed by atoms with Crippen LogP contribution in [0.1, 0.15) is 29.0 Å². The van der Waals surface area contributed by atoms with Crippen LogP contribution in [-0.4, -0.2) is 10.8 Å². The molecule has 0 saturated carbocycles. The number of hydrogen-bond acceptors (Lipinski definition) is 5. The number of hydrogen-bond donors (Lipinski definition) is 2. The van der Waals surface area contributed by atoms with Gasteiger partial charge in [-0.05, 0) is 50.4 Å². The fourth-order valence-electron chi connectivity index (χ4n) is 6.71. The number of rotatable bonds is 4. The number of benzene rings is 6. The fraction of sp³-hybridized carbons (Fsp3) is 0.0500. The van der Waals surface area contributed by atoms with E-state index in [0.29, 0.717) is 0 Å². The van der Waals surface area contributed by atoms with Crippen molar-refractivity contribution in [2.45, 2.75) is 12.3 Å². The highest BCUT2D eigenvalue weighted by atomic mass is 16.3. The average Bonchev–Trinajstić information content (AvgIpc) is 3.48. The van der Waals surface area contributed by atoms with Gasteiger partial charge in [-0.25, -0.2) is 4.99 Å². The first-order valence-corrected chi connectivity index (χ1v) is 15.2. The van der Waals surface area contributed by atoms with Gasteiger partial charge < -0.3 is 9.73 Å². The van der Waals surface area contributed by atoms with Crippen LogP contribution in [0.2, 0.25) is 0 Å². The number of fused-ring (bicyclic) bond motifs is 5. The molecular weight excluding hydrogens is 552 g/mol. The Bertz CT molecular complexity index is 2400. The number of nitrogens with one attached hydrogen (secondary N) is 2. The topological polar surface area (TPSA) is 62.5 Å². The SMILES string of the molecule is c1ccc(C2=NC(c3ccccc3)NC(c3cccc4c(-c5cncc6oc7cc8ccccc8cc7c56)cccc34)N2)cc1. The third kappa shape index (κ3) is 4.36. The summed E-state index contributed by atoms with van der Waals surface area (Å²) in [5.74, 6) is 0.868. The van der Waals surface area contributed by atoms with Crippen LogP contribution in [-0.2, 0) is 0 Å². The zero-order valence-corrected chi connectivity index (χ0v) is 24.3. The quantitative estimate of drug-likeness (QED) is 0.218. The van der Waals surface area contributed by atoms with Gasteiger partial charge >= 0.3 is 0 Å². The minimum atomic E-state index is -0.198. The molecule has 0 saturated heterocycles. The van der Waals surface area contributed by atoms with Crippen molar-refractivity contribution in [1.82, 2.24) is 15.6 Å². The van der Waals surface area contributed by atoms with E-state index in [-0.39, 0.29) is 12.3 Å². The second-order valence-electron chi connectivity index (χ2n) is 11.5. The predicted molar refractivity (Wildman–Crippen MR) is 183 cm³/mol. The zero-order chi connectivity index (χ0) is 29.7. The lowest BCUT2D eigenvalue weighted by Crippen LogP contribution is -2.45. The zero-order valence-electron chi connectivity index (χ0n) is 24.3. The minimum Gasteiger partial charge on any atom is -0.454 e. The molecule has 2 aromatic heterocycles. The molecule has 3 heterocycles. The highest BCUT2D eigenvalue weighted by Crippen LogP contribution is 2.41. The monoisotopic (exact) mass is 580 g/mol. The molecule has 1 aliphatic rings. The molecule has 2 atom stereocenters. The molecule has 0 spiro atoms. The van der Waals surface area contributed by atoms with Crippen molar-refractivity contribution in [3.63, 3.8) is 0 Å². The van der Waals surface area contributed by atoms with Crippen LogP contribution in [0.3, 0.4) is 0 Å². The summed E-state index contributed by atoms with van der Waals surface area (Å²) in [5.41, 5.74) is 7.17. The number of aromatic nitrogens is 1. The van der Waals surface area contributed by atoms with Crippen LogP contribution in [0, 0.1) is 0 Å². The summed E-state index contributed by atoms with van der Waals surface area (Å²) in [5, 5.41) is 14.3. The van der Waals surface area contributed by atoms with Gasteiger partial charge in [0.25, 0.3) is 0 Å². The number of amidine groups is 1. The molecule has 1 aliphatic heterocycles. The lowest BCUT2D eigenvalue weighted by molar-refractivity contribution is 0.411. The van der Waals surface area contributed by atoms with E-state index in [1.54, 1.807) is 0 Å². The van der Waals surface area contributed by atoms with Crippen molar-refractivity contribution in [2.75, 3.05) is 0 Å². The summed E-state index contributed by atoms with van der Waals surface area (Å²) in [6, 6.07) is 46.6. The minimum absolute atomic E-state index is 0.170. The van der Waals surface area contributed by atoms with E-state index in [2.05, 4.69) is 137 Å². The summed E-state index contributed by atoms with van der Waals surface area (Å²) >= 11 is 0. The summed E-state index contributed by atoms with van der Waals surface area (Å²) < 4.78 is 6.37. The maximum absolute atomic E-state index is 6.37. The first kappa shape index (κ1) is 25.7. The van der Waals surface area contributed by atoms with Crippen LogP contribution in [0.5, 0.6) is 0 Å². The number of nitrogens with zero attached hydrogens (tertiary/aromatic N) is 2. The van der Waals surface area contributed by atoms with Gasteiger partial charge in [-0.2, -0.15) is 0 Å². The number of pyridine rings is 1. The maximum atomic E-state index is 6.37. The van der Waals surface area contributed by atoms with E-state index in [1.165, 1.54) is 5.39 Å². The van der Waals surface area contributed by atoms with E-state index >= 15 is 0 Å². The summed E-state index contributed by atoms with van der Waals surface area (Å²) in [6.07, 6.45) is 3.42. The third-order valence-electron chi connectivity index (χ3n) is 8.83. The summed E-state index contributed by atoms with van der Waals surface area (Å²) in [4.78, 5) is 9.72. The van der Waals surface area contributed by atoms with E-state index in [1.807, 2.05) is 24.5 Å². The molecule has 0 aliphatic carbocycles. The Morgan fingerprint density at radius 1 is 0.578 bits per heavy atom. The lowest BCUT2D eigenvalue weighted by atomic mass is 9.92. The Balaban J connectivity index is 1.20. The Hall–Kier alpha value is -5.78. The molecule has 9 rings (SSSR count). The smallest absolute Gasteiger partial charge is 0.154 e. The molecule has 8 aromatic rings. The van der Waals surface area contributed by atoms with Crippen molar-refractivity contribution >= 4 is 49.3 Å². The third-order valence-corrected chi connectivity index (χ3v) is 8.83. The van der Waals surface area contributed by atoms with Crippen LogP contribution >= 0.6 is 0 Å². The maximum Gasteiger partial charge on any atom is 0.154 e. The first-order chi connectivity index (χ1) is 22.3. The van der Waals surface area contributed by atoms with Crippen LogP contribution in [0.15, 0.2) is 155 Å². The van der Waals surface area contributed by atoms with Crippen molar-refractivity contribution in [3.8, 4) is 11.1 Å². The van der Waals surface area contributed by atoms with Gasteiger partial charge in [-0.15, -0.1) is 0 Å². The molecule has 5 nitrogen and oxygen atoms in total. The van der Waals surface area contributed by atoms with E-state index in [4.69, 9.17) is 9.41 Å². The molecule has 2 N–H and O–H groups in total. The van der Waals surface area contributed by atoms with Crippen LogP contribution < -0.4 is 10.6 Å². The average molecular weight is 581 g/mol. The van der Waals surface area contributed by atoms with Crippen molar-refractivity contribution in [1.29, 1.82) is 0 Å². The largest absolute Gasteiger partial charge is 0.454 e. The molecule has 0 bridgehead atoms. The van der Waals surface area contributed by atoms with Gasteiger partial charge in [0.05, 0.1) is 6.20 Å². The molecule has 45 heavy (non-hydrogen) atoms. The second kappa shape index (κ2) is 10.4. The lowest BCUT2D eigenvalue weighted by Gasteiger charge is -2.33. The van der Waals surface area contributed by atoms with E-state index < -0.39 is 0 Å². The molecule has 214 valence electrons. The Morgan fingerprint density at radius 3 is 2.16 bits per heavy atom. The number of aliphatic imine (C=N–C) groups is 1. The highest BCUT2D eigenvalue weighted by molar-refractivity contribution is 6.17. The van der Waals surface area contributed by atoms with Gasteiger partial charge in [0.2, 0.25) is 0 Å². The number of furan rings is 1. The standard InChI is InChI=1S/C40H28N4O/c1-3-11-25(12-4-1)38-42-39(26-13-5-2-6-14-26)44-40(43-38)32-20-10-17-29-30(32)18-9-19-31(29)34-23-41-24-36-37(34)33-21-27-15-7-8-16-28(27)22-35(33)45-36/h1-24,38,40,43H,(H,42,44). The van der Waals surface area contributed by atoms with Crippen LogP contribution in [0.4, 0.5) is 0 Å². The predicted octanol–water partition coefficient (Wildman–Crippen LogP) is 9.29. The van der Waals surface area contributed by atoms with E-state index in [9.17, 15) is 0 Å². The normalized spacial score (nSPS) is 16.7. The van der Waals surface area contributed by atoms with Gasteiger partial charge in [0, 0.05) is 28.1 Å². The van der Waals surface area contributed by atoms with Gasteiger partial charge in [-0.1, -0.05) is 121 Å². The van der Waals surface area contributed by atoms with E-state index in [0.717, 1.165) is 71.8 Å². The summed E-state index contributed by atoms with van der Waals surface area (Å²) in [7, 11) is 0. The molecule has 0 amide bonds. The molecule has 2 unspecified atom stereocenters. The Labute approximate surface area is 259 Å². The highest BCUT2D eigenvalue weighted by Gasteiger charge is 2.27. The molecule has 6 aromatic carbocycles. The second-order valence-corrected chi connectivity index (χ2v) is 11.5. The molecule has 0 radical (unpaired) electrons. The van der Waals surface area contributed by atoms with Gasteiger partial charge in [0.15, 0.2) is 5.58 Å². The first-order valence-electron chi connectivity index (χ1n) is 15.2. The molecule has 5 heteroatoms. The Morgan fingerprint density at radius 2 is 1.31 bits per heavy atom. The fourth-order valence-corrected chi connectivity index (χ4v) is 6.71. The van der Waals surface area contributed by atoms with Crippen molar-refractivity contribution in [2.24, 2.45) is 4.99 Å². The molecule has 0 fully saturated rings. The molecular formula is C40H28N4O. The van der Waals surface area contributed by atoms with Crippen LogP contribution in [0.25, 0.3) is 54.6 Å². The van der Waals surface area contributed by atoms with Gasteiger partial charge in [0.1, 0.15) is 23.8 Å². The summed E-state index contributed by atoms with van der Waals surface area (Å²) in [6.45, 7) is 0. The van der Waals surface area contributed by atoms with Gasteiger partial charge in [-0.3, -0.25) is 10.3 Å².